The van der Waals surface area contributed by atoms with Crippen LogP contribution < -0.4 is 0 Å². The molecular weight excluding hydrogens is 285 g/mol. The first-order valence-corrected chi connectivity index (χ1v) is 5.14. The van der Waals surface area contributed by atoms with Gasteiger partial charge in [0.05, 0.1) is 17.4 Å². The van der Waals surface area contributed by atoms with Gasteiger partial charge in [0.15, 0.2) is 0 Å². The Hall–Kier alpha value is -1.30. The van der Waals surface area contributed by atoms with Gasteiger partial charge in [0.2, 0.25) is 0 Å². The van der Waals surface area contributed by atoms with Gasteiger partial charge < -0.3 is 0 Å². The van der Waals surface area contributed by atoms with Crippen molar-refractivity contribution in [3.8, 4) is 5.69 Å². The zero-order chi connectivity index (χ0) is 11.8. The monoisotopic (exact) mass is 290 g/mol. The molecule has 1 aromatic heterocycles. The normalized spacial score (nSPS) is 11.8. The molecule has 0 unspecified atom stereocenters. The standard InChI is InChI=1S/C10H6BrF3N2/c11-8-2-1-3-9(4-8)16-6-7(5-15-16)10(12,13)14/h1-6H. The predicted octanol–water partition coefficient (Wildman–Crippen LogP) is 3.65. The van der Waals surface area contributed by atoms with Gasteiger partial charge in [-0.3, -0.25) is 0 Å². The predicted molar refractivity (Wildman–Crippen MR) is 56.3 cm³/mol. The number of hydrogen-bond donors (Lipinski definition) is 0. The lowest BCUT2D eigenvalue weighted by atomic mass is 10.3. The van der Waals surface area contributed by atoms with E-state index in [-0.39, 0.29) is 0 Å². The molecule has 2 nitrogen and oxygen atoms in total. The molecule has 1 heterocycles. The highest BCUT2D eigenvalue weighted by Gasteiger charge is 2.32. The zero-order valence-corrected chi connectivity index (χ0v) is 9.46. The van der Waals surface area contributed by atoms with Gasteiger partial charge in [-0.05, 0) is 18.2 Å². The van der Waals surface area contributed by atoms with Crippen molar-refractivity contribution >= 4 is 15.9 Å². The van der Waals surface area contributed by atoms with Crippen molar-refractivity contribution in [2.75, 3.05) is 0 Å². The highest BCUT2D eigenvalue weighted by Crippen LogP contribution is 2.29. The molecule has 0 atom stereocenters. The van der Waals surface area contributed by atoms with Crippen LogP contribution in [0.15, 0.2) is 41.1 Å². The van der Waals surface area contributed by atoms with Crippen LogP contribution in [-0.4, -0.2) is 9.78 Å². The van der Waals surface area contributed by atoms with Crippen LogP contribution in [-0.2, 0) is 6.18 Å². The summed E-state index contributed by atoms with van der Waals surface area (Å²) in [5.41, 5.74) is -0.183. The summed E-state index contributed by atoms with van der Waals surface area (Å²) in [6.07, 6.45) is -2.59. The maximum atomic E-state index is 12.3. The fraction of sp³-hybridized carbons (Fsp3) is 0.100. The molecule has 0 radical (unpaired) electrons. The second-order valence-electron chi connectivity index (χ2n) is 3.15. The van der Waals surface area contributed by atoms with Gasteiger partial charge in [-0.15, -0.1) is 0 Å². The zero-order valence-electron chi connectivity index (χ0n) is 7.87. The maximum absolute atomic E-state index is 12.3. The topological polar surface area (TPSA) is 17.8 Å². The Morgan fingerprint density at radius 2 is 2.00 bits per heavy atom. The lowest BCUT2D eigenvalue weighted by molar-refractivity contribution is -0.137. The SMILES string of the molecule is FC(F)(F)c1cnn(-c2cccc(Br)c2)c1. The van der Waals surface area contributed by atoms with Crippen molar-refractivity contribution < 1.29 is 13.2 Å². The number of aromatic nitrogens is 2. The quantitative estimate of drug-likeness (QED) is 0.784. The molecular formula is C10H6BrF3N2. The molecule has 84 valence electrons. The van der Waals surface area contributed by atoms with Crippen molar-refractivity contribution in [3.63, 3.8) is 0 Å². The molecule has 2 rings (SSSR count). The highest BCUT2D eigenvalue weighted by atomic mass is 79.9. The average Bonchev–Trinajstić information content (AvgIpc) is 2.65. The van der Waals surface area contributed by atoms with Crippen LogP contribution in [0, 0.1) is 0 Å². The Kier molecular flexibility index (Phi) is 2.75. The molecule has 0 bridgehead atoms. The maximum Gasteiger partial charge on any atom is 0.419 e. The van der Waals surface area contributed by atoms with Crippen molar-refractivity contribution in [2.24, 2.45) is 0 Å². The van der Waals surface area contributed by atoms with E-state index in [0.717, 1.165) is 16.9 Å². The Morgan fingerprint density at radius 3 is 2.56 bits per heavy atom. The summed E-state index contributed by atoms with van der Waals surface area (Å²) in [5.74, 6) is 0. The first-order chi connectivity index (χ1) is 7.47. The van der Waals surface area contributed by atoms with Gasteiger partial charge in [0, 0.05) is 10.7 Å². The molecule has 6 heteroatoms. The number of benzene rings is 1. The van der Waals surface area contributed by atoms with Gasteiger partial charge in [-0.2, -0.15) is 18.3 Å². The van der Waals surface area contributed by atoms with E-state index >= 15 is 0 Å². The molecule has 0 amide bonds. The van der Waals surface area contributed by atoms with Crippen LogP contribution in [0.5, 0.6) is 0 Å². The minimum absolute atomic E-state index is 0.574. The fourth-order valence-corrected chi connectivity index (χ4v) is 1.62. The summed E-state index contributed by atoms with van der Waals surface area (Å²) in [6, 6.07) is 6.89. The van der Waals surface area contributed by atoms with Crippen molar-refractivity contribution in [1.29, 1.82) is 0 Å². The van der Waals surface area contributed by atoms with Crippen LogP contribution in [0.1, 0.15) is 5.56 Å². The summed E-state index contributed by atoms with van der Waals surface area (Å²) in [4.78, 5) is 0. The van der Waals surface area contributed by atoms with Crippen LogP contribution >= 0.6 is 15.9 Å². The number of halogens is 4. The first kappa shape index (κ1) is 11.2. The molecule has 0 aliphatic heterocycles. The van der Waals surface area contributed by atoms with Gasteiger partial charge >= 0.3 is 6.18 Å². The van der Waals surface area contributed by atoms with Gasteiger partial charge in [-0.1, -0.05) is 22.0 Å². The lowest BCUT2D eigenvalue weighted by Crippen LogP contribution is -2.02. The Balaban J connectivity index is 2.39. The molecule has 0 aliphatic carbocycles. The molecule has 1 aromatic carbocycles. The fourth-order valence-electron chi connectivity index (χ4n) is 1.23. The number of hydrogen-bond acceptors (Lipinski definition) is 1. The number of nitrogens with zero attached hydrogens (tertiary/aromatic N) is 2. The first-order valence-electron chi connectivity index (χ1n) is 4.34. The lowest BCUT2D eigenvalue weighted by Gasteiger charge is -2.02. The van der Waals surface area contributed by atoms with Crippen LogP contribution in [0.25, 0.3) is 5.69 Å². The Morgan fingerprint density at radius 1 is 1.25 bits per heavy atom. The van der Waals surface area contributed by atoms with Crippen molar-refractivity contribution in [2.45, 2.75) is 6.18 Å². The second kappa shape index (κ2) is 3.93. The van der Waals surface area contributed by atoms with Gasteiger partial charge in [0.25, 0.3) is 0 Å². The van der Waals surface area contributed by atoms with E-state index in [1.165, 1.54) is 4.68 Å². The number of alkyl halides is 3. The van der Waals surface area contributed by atoms with Crippen LogP contribution in [0.4, 0.5) is 13.2 Å². The average molecular weight is 291 g/mol. The molecule has 16 heavy (non-hydrogen) atoms. The summed E-state index contributed by atoms with van der Waals surface area (Å²) in [5, 5.41) is 3.67. The molecule has 0 spiro atoms. The Labute approximate surface area is 97.8 Å². The van der Waals surface area contributed by atoms with E-state index in [1.54, 1.807) is 24.3 Å². The Bertz CT molecular complexity index is 505. The van der Waals surface area contributed by atoms with E-state index < -0.39 is 11.7 Å². The van der Waals surface area contributed by atoms with Crippen molar-refractivity contribution in [1.82, 2.24) is 9.78 Å². The third-order valence-electron chi connectivity index (χ3n) is 1.98. The molecule has 0 fully saturated rings. The smallest absolute Gasteiger partial charge is 0.240 e. The van der Waals surface area contributed by atoms with E-state index in [4.69, 9.17) is 0 Å². The van der Waals surface area contributed by atoms with Crippen LogP contribution in [0.3, 0.4) is 0 Å². The molecule has 2 aromatic rings. The largest absolute Gasteiger partial charge is 0.419 e. The number of rotatable bonds is 1. The molecule has 0 saturated carbocycles. The molecule has 0 N–H and O–H groups in total. The van der Waals surface area contributed by atoms with Gasteiger partial charge in [0.1, 0.15) is 0 Å². The highest BCUT2D eigenvalue weighted by molar-refractivity contribution is 9.10. The van der Waals surface area contributed by atoms with Crippen LogP contribution in [0.2, 0.25) is 0 Å². The van der Waals surface area contributed by atoms with E-state index in [0.29, 0.717) is 5.69 Å². The summed E-state index contributed by atoms with van der Waals surface area (Å²) >= 11 is 3.24. The third kappa shape index (κ3) is 2.27. The minimum atomic E-state index is -4.36. The van der Waals surface area contributed by atoms with E-state index in [1.807, 2.05) is 0 Å². The van der Waals surface area contributed by atoms with Gasteiger partial charge in [-0.25, -0.2) is 4.68 Å². The summed E-state index contributed by atoms with van der Waals surface area (Å²) < 4.78 is 39.0. The van der Waals surface area contributed by atoms with E-state index in [9.17, 15) is 13.2 Å². The minimum Gasteiger partial charge on any atom is -0.240 e. The molecule has 0 aliphatic rings. The second-order valence-corrected chi connectivity index (χ2v) is 4.07. The van der Waals surface area contributed by atoms with E-state index in [2.05, 4.69) is 21.0 Å². The summed E-state index contributed by atoms with van der Waals surface area (Å²) in [6.45, 7) is 0. The third-order valence-corrected chi connectivity index (χ3v) is 2.48. The van der Waals surface area contributed by atoms with Crippen molar-refractivity contribution in [3.05, 3.63) is 46.7 Å². The summed E-state index contributed by atoms with van der Waals surface area (Å²) in [7, 11) is 0. The molecule has 0 saturated heterocycles.